The van der Waals surface area contributed by atoms with E-state index >= 15 is 0 Å². The first kappa shape index (κ1) is 17.8. The largest absolute Gasteiger partial charge is 0.465 e. The molecule has 1 spiro atoms. The number of likely N-dealkylation sites (tertiary alicyclic amines) is 1. The van der Waals surface area contributed by atoms with Gasteiger partial charge >= 0.3 is 5.97 Å². The molecule has 3 aliphatic rings. The summed E-state index contributed by atoms with van der Waals surface area (Å²) >= 11 is 0. The molecule has 1 aliphatic carbocycles. The molecule has 1 aromatic rings. The van der Waals surface area contributed by atoms with E-state index in [4.69, 9.17) is 4.74 Å². The maximum atomic E-state index is 11.7. The number of carbonyl (C=O) groups is 1. The van der Waals surface area contributed by atoms with Crippen molar-refractivity contribution in [1.82, 2.24) is 4.90 Å². The number of nitrogens with zero attached hydrogens (tertiary/aromatic N) is 1. The molecule has 4 rings (SSSR count). The highest BCUT2D eigenvalue weighted by Gasteiger charge is 2.47. The normalized spacial score (nSPS) is 32.1. The van der Waals surface area contributed by atoms with Gasteiger partial charge in [-0.2, -0.15) is 0 Å². The van der Waals surface area contributed by atoms with Gasteiger partial charge in [0, 0.05) is 12.0 Å². The van der Waals surface area contributed by atoms with E-state index in [1.54, 1.807) is 0 Å². The summed E-state index contributed by atoms with van der Waals surface area (Å²) in [5.74, 6) is 0.954. The van der Waals surface area contributed by atoms with Crippen molar-refractivity contribution in [2.75, 3.05) is 19.7 Å². The second kappa shape index (κ2) is 7.19. The van der Waals surface area contributed by atoms with Gasteiger partial charge in [0.1, 0.15) is 0 Å². The molecule has 0 N–H and O–H groups in total. The number of rotatable bonds is 4. The molecule has 26 heavy (non-hydrogen) atoms. The fourth-order valence-electron chi connectivity index (χ4n) is 5.32. The Morgan fingerprint density at radius 2 is 2.00 bits per heavy atom. The van der Waals surface area contributed by atoms with Crippen LogP contribution in [0.4, 0.5) is 0 Å². The highest BCUT2D eigenvalue weighted by atomic mass is 16.5. The van der Waals surface area contributed by atoms with Crippen molar-refractivity contribution in [2.24, 2.45) is 11.3 Å². The van der Waals surface area contributed by atoms with Gasteiger partial charge in [0.2, 0.25) is 0 Å². The first-order valence-corrected chi connectivity index (χ1v) is 10.2. The maximum absolute atomic E-state index is 11.7. The van der Waals surface area contributed by atoms with Gasteiger partial charge in [0.05, 0.1) is 13.0 Å². The standard InChI is InChI=1S/C23H31NO2/c1-17(2)20-9-10-23(14-22(25)26-16-23)13-21(20)19-7-5-18(6-8-19)15-24-11-3-4-12-24/h5-8,20-21H,1,3-4,9-16H2,2H3/t20-,21-,23-/m0/s1. The minimum absolute atomic E-state index is 0.0153. The second-order valence-electron chi connectivity index (χ2n) is 8.86. The maximum Gasteiger partial charge on any atom is 0.306 e. The molecule has 1 aromatic carbocycles. The van der Waals surface area contributed by atoms with Crippen LogP contribution in [0.3, 0.4) is 0 Å². The van der Waals surface area contributed by atoms with E-state index in [-0.39, 0.29) is 11.4 Å². The molecule has 3 nitrogen and oxygen atoms in total. The summed E-state index contributed by atoms with van der Waals surface area (Å²) in [6.07, 6.45) is 6.51. The van der Waals surface area contributed by atoms with Crippen molar-refractivity contribution in [2.45, 2.75) is 57.9 Å². The summed E-state index contributed by atoms with van der Waals surface area (Å²) in [4.78, 5) is 14.3. The molecule has 0 unspecified atom stereocenters. The molecular weight excluding hydrogens is 322 g/mol. The second-order valence-corrected chi connectivity index (χ2v) is 8.86. The van der Waals surface area contributed by atoms with Crippen molar-refractivity contribution >= 4 is 5.97 Å². The van der Waals surface area contributed by atoms with Crippen molar-refractivity contribution in [3.63, 3.8) is 0 Å². The minimum atomic E-state index is -0.0153. The van der Waals surface area contributed by atoms with Gasteiger partial charge in [0.25, 0.3) is 0 Å². The summed E-state index contributed by atoms with van der Waals surface area (Å²) in [7, 11) is 0. The zero-order valence-electron chi connectivity index (χ0n) is 16.0. The Hall–Kier alpha value is -1.61. The van der Waals surface area contributed by atoms with Crippen molar-refractivity contribution < 1.29 is 9.53 Å². The van der Waals surface area contributed by atoms with E-state index in [0.717, 1.165) is 25.8 Å². The van der Waals surface area contributed by atoms with E-state index in [1.807, 2.05) is 0 Å². The first-order chi connectivity index (χ1) is 12.5. The summed E-state index contributed by atoms with van der Waals surface area (Å²) in [6.45, 7) is 10.6. The molecule has 3 fully saturated rings. The molecule has 0 aromatic heterocycles. The van der Waals surface area contributed by atoms with Gasteiger partial charge in [0.15, 0.2) is 0 Å². The molecule has 1 saturated carbocycles. The third-order valence-corrected chi connectivity index (χ3v) is 6.83. The van der Waals surface area contributed by atoms with Crippen molar-refractivity contribution in [3.05, 3.63) is 47.5 Å². The van der Waals surface area contributed by atoms with Crippen molar-refractivity contribution in [3.8, 4) is 0 Å². The molecule has 3 heteroatoms. The van der Waals surface area contributed by atoms with Crippen LogP contribution in [0.2, 0.25) is 0 Å². The lowest BCUT2D eigenvalue weighted by molar-refractivity contribution is -0.137. The van der Waals surface area contributed by atoms with Gasteiger partial charge in [-0.3, -0.25) is 9.69 Å². The van der Waals surface area contributed by atoms with E-state index in [0.29, 0.717) is 24.9 Å². The third-order valence-electron chi connectivity index (χ3n) is 6.83. The first-order valence-electron chi connectivity index (χ1n) is 10.2. The van der Waals surface area contributed by atoms with Gasteiger partial charge < -0.3 is 4.74 Å². The molecule has 140 valence electrons. The lowest BCUT2D eigenvalue weighted by Gasteiger charge is -2.42. The average Bonchev–Trinajstić information content (AvgIpc) is 3.25. The van der Waals surface area contributed by atoms with Crippen LogP contribution in [0.1, 0.15) is 62.5 Å². The third kappa shape index (κ3) is 3.59. The van der Waals surface area contributed by atoms with Crippen LogP contribution in [0.5, 0.6) is 0 Å². The van der Waals surface area contributed by atoms with Gasteiger partial charge in [-0.1, -0.05) is 36.4 Å². The predicted molar refractivity (Wildman–Crippen MR) is 104 cm³/mol. The molecule has 2 saturated heterocycles. The Morgan fingerprint density at radius 3 is 2.62 bits per heavy atom. The Morgan fingerprint density at radius 1 is 1.27 bits per heavy atom. The van der Waals surface area contributed by atoms with Crippen LogP contribution < -0.4 is 0 Å². The Labute approximate surface area is 157 Å². The average molecular weight is 354 g/mol. The highest BCUT2D eigenvalue weighted by Crippen LogP contribution is 2.52. The lowest BCUT2D eigenvalue weighted by atomic mass is 9.61. The molecule has 3 atom stereocenters. The van der Waals surface area contributed by atoms with E-state index in [2.05, 4.69) is 42.7 Å². The monoisotopic (exact) mass is 353 g/mol. The number of carbonyl (C=O) groups excluding carboxylic acids is 1. The van der Waals surface area contributed by atoms with Crippen LogP contribution in [0.25, 0.3) is 0 Å². The molecule has 2 aliphatic heterocycles. The summed E-state index contributed by atoms with van der Waals surface area (Å²) < 4.78 is 5.35. The number of cyclic esters (lactones) is 1. The lowest BCUT2D eigenvalue weighted by Crippen LogP contribution is -2.33. The van der Waals surface area contributed by atoms with Crippen LogP contribution in [0.15, 0.2) is 36.4 Å². The van der Waals surface area contributed by atoms with E-state index < -0.39 is 0 Å². The fraction of sp³-hybridized carbons (Fsp3) is 0.609. The van der Waals surface area contributed by atoms with Crippen LogP contribution >= 0.6 is 0 Å². The van der Waals surface area contributed by atoms with E-state index in [9.17, 15) is 4.79 Å². The molecule has 2 heterocycles. The van der Waals surface area contributed by atoms with Gasteiger partial charge in [-0.05, 0) is 75.1 Å². The Bertz CT molecular complexity index is 674. The summed E-state index contributed by atoms with van der Waals surface area (Å²) in [5, 5.41) is 0. The van der Waals surface area contributed by atoms with Gasteiger partial charge in [-0.15, -0.1) is 0 Å². The zero-order chi connectivity index (χ0) is 18.1. The fourth-order valence-corrected chi connectivity index (χ4v) is 5.32. The minimum Gasteiger partial charge on any atom is -0.465 e. The number of hydrogen-bond acceptors (Lipinski definition) is 3. The van der Waals surface area contributed by atoms with Crippen LogP contribution in [-0.4, -0.2) is 30.6 Å². The smallest absolute Gasteiger partial charge is 0.306 e. The Balaban J connectivity index is 1.52. The highest BCUT2D eigenvalue weighted by molar-refractivity contribution is 5.72. The molecular formula is C23H31NO2. The van der Waals surface area contributed by atoms with E-state index in [1.165, 1.54) is 42.6 Å². The topological polar surface area (TPSA) is 29.5 Å². The zero-order valence-corrected chi connectivity index (χ0v) is 16.0. The number of hydrogen-bond donors (Lipinski definition) is 0. The van der Waals surface area contributed by atoms with Gasteiger partial charge in [-0.25, -0.2) is 0 Å². The van der Waals surface area contributed by atoms with Crippen LogP contribution in [0, 0.1) is 11.3 Å². The number of ether oxygens (including phenoxy) is 1. The molecule has 0 bridgehead atoms. The van der Waals surface area contributed by atoms with Crippen LogP contribution in [-0.2, 0) is 16.1 Å². The number of esters is 1. The summed E-state index contributed by atoms with van der Waals surface area (Å²) in [6, 6.07) is 9.26. The quantitative estimate of drug-likeness (QED) is 0.582. The summed E-state index contributed by atoms with van der Waals surface area (Å²) in [5.41, 5.74) is 4.15. The number of allylic oxidation sites excluding steroid dienone is 1. The van der Waals surface area contributed by atoms with Crippen molar-refractivity contribution in [1.29, 1.82) is 0 Å². The molecule has 0 amide bonds. The molecule has 0 radical (unpaired) electrons. The SMILES string of the molecule is C=C(C)[C@@H]1CC[C@]2(COC(=O)C2)C[C@H]1c1ccc(CN2CCCC2)cc1. The Kier molecular flexibility index (Phi) is 4.92. The predicted octanol–water partition coefficient (Wildman–Crippen LogP) is 4.68. The number of benzene rings is 1.